The number of hydrogen-bond donors (Lipinski definition) is 0. The first kappa shape index (κ1) is 17.9. The molecule has 0 fully saturated rings. The second kappa shape index (κ2) is 6.11. The van der Waals surface area contributed by atoms with Crippen LogP contribution in [0.4, 0.5) is 0 Å². The summed E-state index contributed by atoms with van der Waals surface area (Å²) in [4.78, 5) is 13.0. The van der Waals surface area contributed by atoms with E-state index in [4.69, 9.17) is 4.74 Å². The van der Waals surface area contributed by atoms with Gasteiger partial charge in [0.05, 0.1) is 10.5 Å². The van der Waals surface area contributed by atoms with Crippen LogP contribution < -0.4 is 0 Å². The maximum Gasteiger partial charge on any atom is 0.210 e. The highest BCUT2D eigenvalue weighted by Crippen LogP contribution is 2.42. The molecule has 0 radical (unpaired) electrons. The summed E-state index contributed by atoms with van der Waals surface area (Å²) < 4.78 is 30.0. The Morgan fingerprint density at radius 2 is 1.64 bits per heavy atom. The zero-order chi connectivity index (χ0) is 18.4. The number of sulfone groups is 1. The Morgan fingerprint density at radius 3 is 2.20 bits per heavy atom. The van der Waals surface area contributed by atoms with Gasteiger partial charge < -0.3 is 4.74 Å². The van der Waals surface area contributed by atoms with E-state index in [0.29, 0.717) is 21.4 Å². The number of Topliss-reactive ketones (excluding diaryl/α,β-unsaturated/α-hetero) is 1. The molecule has 4 nitrogen and oxygen atoms in total. The van der Waals surface area contributed by atoms with Gasteiger partial charge in [-0.2, -0.15) is 0 Å². The maximum absolute atomic E-state index is 12.8. The van der Waals surface area contributed by atoms with Crippen LogP contribution >= 0.6 is 15.9 Å². The molecule has 6 heteroatoms. The van der Waals surface area contributed by atoms with Crippen molar-refractivity contribution in [2.24, 2.45) is 0 Å². The molecule has 0 saturated carbocycles. The average Bonchev–Trinajstić information content (AvgIpc) is 2.77. The minimum atomic E-state index is -3.34. The zero-order valence-electron chi connectivity index (χ0n) is 14.0. The van der Waals surface area contributed by atoms with E-state index in [1.165, 1.54) is 6.07 Å². The predicted octanol–water partition coefficient (Wildman–Crippen LogP) is 4.10. The molecule has 1 aliphatic rings. The van der Waals surface area contributed by atoms with E-state index in [-0.39, 0.29) is 10.7 Å². The van der Waals surface area contributed by atoms with Gasteiger partial charge in [-0.3, -0.25) is 4.79 Å². The number of carbonyl (C=O) groups excluding carboxylic acids is 1. The predicted molar refractivity (Wildman–Crippen MR) is 101 cm³/mol. The van der Waals surface area contributed by atoms with Gasteiger partial charge in [0.2, 0.25) is 5.78 Å². The third-order valence-electron chi connectivity index (χ3n) is 4.01. The minimum Gasteiger partial charge on any atom is -0.478 e. The molecular formula is C19H17BrO4S. The van der Waals surface area contributed by atoms with Crippen LogP contribution in [0.3, 0.4) is 0 Å². The molecule has 0 spiro atoms. The summed E-state index contributed by atoms with van der Waals surface area (Å²) in [5.41, 5.74) is 0.959. The van der Waals surface area contributed by atoms with E-state index in [0.717, 1.165) is 11.8 Å². The summed E-state index contributed by atoms with van der Waals surface area (Å²) in [7, 11) is -3.34. The van der Waals surface area contributed by atoms with E-state index >= 15 is 0 Å². The summed E-state index contributed by atoms with van der Waals surface area (Å²) in [6.45, 7) is 3.45. The minimum absolute atomic E-state index is 0.1000. The van der Waals surface area contributed by atoms with Gasteiger partial charge in [-0.25, -0.2) is 8.42 Å². The van der Waals surface area contributed by atoms with Crippen LogP contribution in [0.25, 0.3) is 11.3 Å². The van der Waals surface area contributed by atoms with Crippen LogP contribution in [-0.2, 0) is 19.4 Å². The molecule has 2 aromatic rings. The van der Waals surface area contributed by atoms with E-state index < -0.39 is 15.4 Å². The van der Waals surface area contributed by atoms with Crippen molar-refractivity contribution in [2.75, 3.05) is 6.26 Å². The normalized spacial score (nSPS) is 16.9. The molecule has 0 amide bonds. The zero-order valence-corrected chi connectivity index (χ0v) is 16.4. The Balaban J connectivity index is 2.21. The summed E-state index contributed by atoms with van der Waals surface area (Å²) in [5.74, 6) is 0.360. The van der Waals surface area contributed by atoms with Crippen LogP contribution in [0.1, 0.15) is 25.0 Å². The summed E-state index contributed by atoms with van der Waals surface area (Å²) >= 11 is 3.31. The largest absolute Gasteiger partial charge is 0.478 e. The number of rotatable bonds is 3. The maximum atomic E-state index is 12.8. The number of ether oxygens (including phenoxy) is 1. The lowest BCUT2D eigenvalue weighted by Crippen LogP contribution is -2.29. The van der Waals surface area contributed by atoms with Crippen molar-refractivity contribution in [1.82, 2.24) is 0 Å². The van der Waals surface area contributed by atoms with Gasteiger partial charge in [-0.05, 0) is 53.5 Å². The van der Waals surface area contributed by atoms with Crippen molar-refractivity contribution in [2.45, 2.75) is 24.3 Å². The Bertz CT molecular complexity index is 989. The quantitative estimate of drug-likeness (QED) is 0.749. The fourth-order valence-corrected chi connectivity index (χ4v) is 4.76. The Labute approximate surface area is 155 Å². The SMILES string of the molecule is CC1(C)OC(c2ccc(S(C)(=O)=O)c(Br)c2)=C(c2ccccc2)C1=O. The molecule has 0 aromatic heterocycles. The lowest BCUT2D eigenvalue weighted by molar-refractivity contribution is -0.125. The average molecular weight is 421 g/mol. The Morgan fingerprint density at radius 1 is 1.00 bits per heavy atom. The van der Waals surface area contributed by atoms with Gasteiger partial charge in [-0.1, -0.05) is 30.3 Å². The third kappa shape index (κ3) is 3.28. The highest BCUT2D eigenvalue weighted by molar-refractivity contribution is 9.10. The molecule has 0 atom stereocenters. The fraction of sp³-hybridized carbons (Fsp3) is 0.211. The Hall–Kier alpha value is -1.92. The summed E-state index contributed by atoms with van der Waals surface area (Å²) in [6, 6.07) is 14.2. The number of ketones is 1. The van der Waals surface area contributed by atoms with E-state index in [1.54, 1.807) is 26.0 Å². The van der Waals surface area contributed by atoms with Gasteiger partial charge in [0.25, 0.3) is 0 Å². The smallest absolute Gasteiger partial charge is 0.210 e. The first-order valence-corrected chi connectivity index (χ1v) is 10.3. The van der Waals surface area contributed by atoms with Crippen LogP contribution in [-0.4, -0.2) is 26.1 Å². The molecule has 130 valence electrons. The molecule has 25 heavy (non-hydrogen) atoms. The number of halogens is 1. The Kier molecular flexibility index (Phi) is 4.37. The lowest BCUT2D eigenvalue weighted by atomic mass is 9.93. The molecular weight excluding hydrogens is 404 g/mol. The van der Waals surface area contributed by atoms with Gasteiger partial charge >= 0.3 is 0 Å². The molecule has 1 aliphatic heterocycles. The number of carbonyl (C=O) groups is 1. The van der Waals surface area contributed by atoms with Gasteiger partial charge in [0, 0.05) is 16.3 Å². The second-order valence-electron chi connectivity index (χ2n) is 6.43. The number of hydrogen-bond acceptors (Lipinski definition) is 4. The second-order valence-corrected chi connectivity index (χ2v) is 9.27. The first-order chi connectivity index (χ1) is 11.6. The molecule has 3 rings (SSSR count). The van der Waals surface area contributed by atoms with Crippen molar-refractivity contribution in [3.63, 3.8) is 0 Å². The van der Waals surface area contributed by atoms with Crippen molar-refractivity contribution < 1.29 is 17.9 Å². The molecule has 0 N–H and O–H groups in total. The van der Waals surface area contributed by atoms with Crippen molar-refractivity contribution in [1.29, 1.82) is 0 Å². The molecule has 2 aromatic carbocycles. The third-order valence-corrected chi connectivity index (χ3v) is 6.09. The van der Waals surface area contributed by atoms with Gasteiger partial charge in [-0.15, -0.1) is 0 Å². The molecule has 0 aliphatic carbocycles. The molecule has 0 saturated heterocycles. The van der Waals surface area contributed by atoms with Crippen LogP contribution in [0.2, 0.25) is 0 Å². The van der Waals surface area contributed by atoms with Crippen molar-refractivity contribution in [3.05, 3.63) is 64.1 Å². The van der Waals surface area contributed by atoms with Crippen molar-refractivity contribution >= 4 is 42.9 Å². The molecule has 0 unspecified atom stereocenters. The van der Waals surface area contributed by atoms with Gasteiger partial charge in [0.15, 0.2) is 15.4 Å². The topological polar surface area (TPSA) is 60.4 Å². The van der Waals surface area contributed by atoms with E-state index in [2.05, 4.69) is 15.9 Å². The fourth-order valence-electron chi connectivity index (χ4n) is 2.77. The van der Waals surface area contributed by atoms with Crippen LogP contribution in [0.15, 0.2) is 57.9 Å². The first-order valence-electron chi connectivity index (χ1n) is 7.65. The summed E-state index contributed by atoms with van der Waals surface area (Å²) in [6.07, 6.45) is 1.15. The van der Waals surface area contributed by atoms with Crippen LogP contribution in [0, 0.1) is 0 Å². The van der Waals surface area contributed by atoms with Crippen molar-refractivity contribution in [3.8, 4) is 0 Å². The standard InChI is InChI=1S/C19H17BrO4S/c1-19(2)18(21)16(12-7-5-4-6-8-12)17(24-19)13-9-10-15(14(20)11-13)25(3,22)23/h4-11H,1-3H3. The number of benzene rings is 2. The molecule has 0 bridgehead atoms. The monoisotopic (exact) mass is 420 g/mol. The summed E-state index contributed by atoms with van der Waals surface area (Å²) in [5, 5.41) is 0. The van der Waals surface area contributed by atoms with Crippen LogP contribution in [0.5, 0.6) is 0 Å². The highest BCUT2D eigenvalue weighted by atomic mass is 79.9. The van der Waals surface area contributed by atoms with E-state index in [1.807, 2.05) is 30.3 Å². The molecule has 1 heterocycles. The highest BCUT2D eigenvalue weighted by Gasteiger charge is 2.42. The lowest BCUT2D eigenvalue weighted by Gasteiger charge is -2.18. The van der Waals surface area contributed by atoms with Gasteiger partial charge in [0.1, 0.15) is 5.76 Å². The van der Waals surface area contributed by atoms with E-state index in [9.17, 15) is 13.2 Å².